The number of nitrogens with zero attached hydrogens (tertiary/aromatic N) is 2. The fourth-order valence-electron chi connectivity index (χ4n) is 3.87. The van der Waals surface area contributed by atoms with Crippen molar-refractivity contribution in [1.82, 2.24) is 5.16 Å². The number of aryl methyl sites for hydroxylation is 1. The van der Waals surface area contributed by atoms with E-state index in [-0.39, 0.29) is 17.2 Å². The van der Waals surface area contributed by atoms with Crippen LogP contribution in [-0.2, 0) is 9.59 Å². The molecule has 2 aromatic carbocycles. The average molecular weight is 485 g/mol. The van der Waals surface area contributed by atoms with Crippen LogP contribution in [0.5, 0.6) is 17.2 Å². The molecule has 34 heavy (non-hydrogen) atoms. The zero-order chi connectivity index (χ0) is 24.6. The van der Waals surface area contributed by atoms with Crippen LogP contribution in [0, 0.1) is 6.92 Å². The summed E-state index contributed by atoms with van der Waals surface area (Å²) in [5.74, 6) is -0.603. The molecule has 9 nitrogen and oxygen atoms in total. The summed E-state index contributed by atoms with van der Waals surface area (Å²) in [6, 6.07) is 9.92. The highest BCUT2D eigenvalue weighted by Gasteiger charge is 2.48. The largest absolute Gasteiger partial charge is 0.507 e. The normalized spacial score (nSPS) is 17.2. The summed E-state index contributed by atoms with van der Waals surface area (Å²) in [6.07, 6.45) is 0. The number of aromatic nitrogens is 1. The van der Waals surface area contributed by atoms with Crippen molar-refractivity contribution < 1.29 is 33.4 Å². The van der Waals surface area contributed by atoms with Crippen LogP contribution in [0.15, 0.2) is 52.6 Å². The van der Waals surface area contributed by atoms with E-state index in [9.17, 15) is 14.7 Å². The molecule has 3 aromatic rings. The van der Waals surface area contributed by atoms with Gasteiger partial charge in [-0.25, -0.2) is 0 Å². The van der Waals surface area contributed by atoms with Gasteiger partial charge >= 0.3 is 5.91 Å². The predicted octanol–water partition coefficient (Wildman–Crippen LogP) is 4.29. The van der Waals surface area contributed by atoms with Crippen molar-refractivity contribution in [3.8, 4) is 17.2 Å². The number of Topliss-reactive ketones (excluding diaryl/α,β-unsaturated/α-hetero) is 1. The highest BCUT2D eigenvalue weighted by molar-refractivity contribution is 6.51. The van der Waals surface area contributed by atoms with Crippen LogP contribution in [0.4, 0.5) is 5.82 Å². The Morgan fingerprint density at radius 3 is 2.15 bits per heavy atom. The minimum absolute atomic E-state index is 0.119. The van der Waals surface area contributed by atoms with Gasteiger partial charge in [0, 0.05) is 16.7 Å². The van der Waals surface area contributed by atoms with Gasteiger partial charge in [0.1, 0.15) is 11.5 Å². The molecule has 0 unspecified atom stereocenters. The number of aliphatic hydroxyl groups excluding tert-OH is 1. The standard InChI is InChI=1S/C24H21ClN2O7/c1-12-9-18(26-34-12)27-20(14-10-16(31-2)23(33-4)17(11-14)32-3)19(22(29)24(27)30)21(28)13-5-7-15(25)8-6-13/h5-11,20,28H,1-4H3/t20-/m1/s1. The molecule has 10 heteroatoms. The van der Waals surface area contributed by atoms with Gasteiger partial charge in [-0.05, 0) is 48.9 Å². The van der Waals surface area contributed by atoms with Crippen LogP contribution in [0.3, 0.4) is 0 Å². The average Bonchev–Trinajstić information content (AvgIpc) is 3.38. The first kappa shape index (κ1) is 23.2. The van der Waals surface area contributed by atoms with E-state index in [1.807, 2.05) is 0 Å². The lowest BCUT2D eigenvalue weighted by atomic mass is 9.94. The molecule has 1 aliphatic heterocycles. The number of anilines is 1. The molecule has 1 saturated heterocycles. The highest BCUT2D eigenvalue weighted by Crippen LogP contribution is 2.47. The lowest BCUT2D eigenvalue weighted by Crippen LogP contribution is -2.29. The molecule has 1 fully saturated rings. The van der Waals surface area contributed by atoms with Gasteiger partial charge in [0.15, 0.2) is 17.3 Å². The third kappa shape index (κ3) is 3.84. The number of amides is 1. The van der Waals surface area contributed by atoms with Crippen LogP contribution >= 0.6 is 11.6 Å². The summed E-state index contributed by atoms with van der Waals surface area (Å²) < 4.78 is 21.4. The van der Waals surface area contributed by atoms with E-state index in [1.54, 1.807) is 43.3 Å². The first-order valence-corrected chi connectivity index (χ1v) is 10.5. The van der Waals surface area contributed by atoms with Crippen molar-refractivity contribution in [3.05, 3.63) is 69.9 Å². The van der Waals surface area contributed by atoms with Crippen LogP contribution in [0.1, 0.15) is 22.9 Å². The summed E-state index contributed by atoms with van der Waals surface area (Å²) in [6.45, 7) is 1.66. The van der Waals surface area contributed by atoms with Gasteiger partial charge in [-0.15, -0.1) is 0 Å². The number of hydrogen-bond donors (Lipinski definition) is 1. The second-order valence-electron chi connectivity index (χ2n) is 7.43. The third-order valence-electron chi connectivity index (χ3n) is 5.43. The zero-order valence-electron chi connectivity index (χ0n) is 18.8. The topological polar surface area (TPSA) is 111 Å². The van der Waals surface area contributed by atoms with Crippen LogP contribution in [-0.4, -0.2) is 43.3 Å². The van der Waals surface area contributed by atoms with Crippen molar-refractivity contribution in [3.63, 3.8) is 0 Å². The molecule has 0 radical (unpaired) electrons. The third-order valence-corrected chi connectivity index (χ3v) is 5.68. The lowest BCUT2D eigenvalue weighted by molar-refractivity contribution is -0.132. The summed E-state index contributed by atoms with van der Waals surface area (Å²) in [7, 11) is 4.37. The molecular weight excluding hydrogens is 464 g/mol. The van der Waals surface area contributed by atoms with E-state index in [2.05, 4.69) is 5.16 Å². The Bertz CT molecular complexity index is 1270. The minimum Gasteiger partial charge on any atom is -0.507 e. The molecule has 2 heterocycles. The van der Waals surface area contributed by atoms with Gasteiger partial charge in [0.05, 0.1) is 32.9 Å². The number of carbonyl (C=O) groups excluding carboxylic acids is 2. The van der Waals surface area contributed by atoms with Crippen molar-refractivity contribution >= 4 is 34.9 Å². The van der Waals surface area contributed by atoms with Gasteiger partial charge < -0.3 is 23.8 Å². The number of benzene rings is 2. The smallest absolute Gasteiger partial charge is 0.301 e. The molecule has 0 spiro atoms. The first-order chi connectivity index (χ1) is 16.3. The quantitative estimate of drug-likeness (QED) is 0.313. The zero-order valence-corrected chi connectivity index (χ0v) is 19.5. The maximum atomic E-state index is 13.2. The Labute approximate surface area is 200 Å². The van der Waals surface area contributed by atoms with Gasteiger partial charge in [-0.1, -0.05) is 16.8 Å². The molecular formula is C24H21ClN2O7. The molecule has 176 valence electrons. The Kier molecular flexibility index (Phi) is 6.21. The molecule has 1 aromatic heterocycles. The maximum Gasteiger partial charge on any atom is 0.301 e. The Hall–Kier alpha value is -3.98. The van der Waals surface area contributed by atoms with E-state index in [4.69, 9.17) is 30.3 Å². The Morgan fingerprint density at radius 2 is 1.65 bits per heavy atom. The Balaban J connectivity index is 2.00. The summed E-state index contributed by atoms with van der Waals surface area (Å²) in [5.41, 5.74) is 0.600. The molecule has 1 N–H and O–H groups in total. The summed E-state index contributed by atoms with van der Waals surface area (Å²) in [4.78, 5) is 27.6. The fourth-order valence-corrected chi connectivity index (χ4v) is 4.00. The monoisotopic (exact) mass is 484 g/mol. The highest BCUT2D eigenvalue weighted by atomic mass is 35.5. The number of ether oxygens (including phenoxy) is 3. The number of halogens is 1. The van der Waals surface area contributed by atoms with E-state index < -0.39 is 17.7 Å². The Morgan fingerprint density at radius 1 is 1.03 bits per heavy atom. The fraction of sp³-hybridized carbons (Fsp3) is 0.208. The number of hydrogen-bond acceptors (Lipinski definition) is 8. The second-order valence-corrected chi connectivity index (χ2v) is 7.87. The van der Waals surface area contributed by atoms with E-state index in [0.29, 0.717) is 39.2 Å². The van der Waals surface area contributed by atoms with Gasteiger partial charge in [0.2, 0.25) is 5.75 Å². The lowest BCUT2D eigenvalue weighted by Gasteiger charge is -2.24. The van der Waals surface area contributed by atoms with Crippen molar-refractivity contribution in [2.75, 3.05) is 26.2 Å². The van der Waals surface area contributed by atoms with Crippen molar-refractivity contribution in [2.45, 2.75) is 13.0 Å². The SMILES string of the molecule is COc1cc([C@@H]2C(=C(O)c3ccc(Cl)cc3)C(=O)C(=O)N2c2cc(C)on2)cc(OC)c1OC. The van der Waals surface area contributed by atoms with Crippen LogP contribution in [0.2, 0.25) is 5.02 Å². The van der Waals surface area contributed by atoms with Gasteiger partial charge in [-0.2, -0.15) is 0 Å². The number of carbonyl (C=O) groups is 2. The van der Waals surface area contributed by atoms with Crippen molar-refractivity contribution in [1.29, 1.82) is 0 Å². The molecule has 0 saturated carbocycles. The molecule has 0 bridgehead atoms. The molecule has 1 aliphatic rings. The number of rotatable bonds is 6. The van der Waals surface area contributed by atoms with E-state index >= 15 is 0 Å². The van der Waals surface area contributed by atoms with Crippen LogP contribution in [0.25, 0.3) is 5.76 Å². The summed E-state index contributed by atoms with van der Waals surface area (Å²) in [5, 5.41) is 15.5. The van der Waals surface area contributed by atoms with Gasteiger partial charge in [-0.3, -0.25) is 14.5 Å². The minimum atomic E-state index is -1.06. The van der Waals surface area contributed by atoms with E-state index in [0.717, 1.165) is 0 Å². The predicted molar refractivity (Wildman–Crippen MR) is 124 cm³/mol. The second kappa shape index (κ2) is 9.11. The number of aliphatic hydroxyl groups is 1. The molecule has 1 atom stereocenters. The first-order valence-electron chi connectivity index (χ1n) is 10.1. The molecule has 0 aliphatic carbocycles. The van der Waals surface area contributed by atoms with E-state index in [1.165, 1.54) is 32.3 Å². The van der Waals surface area contributed by atoms with Crippen molar-refractivity contribution in [2.24, 2.45) is 0 Å². The number of methoxy groups -OCH3 is 3. The van der Waals surface area contributed by atoms with Gasteiger partial charge in [0.25, 0.3) is 5.78 Å². The van der Waals surface area contributed by atoms with Crippen LogP contribution < -0.4 is 19.1 Å². The molecule has 4 rings (SSSR count). The summed E-state index contributed by atoms with van der Waals surface area (Å²) >= 11 is 5.97. The maximum absolute atomic E-state index is 13.2. The number of ketones is 1. The molecule has 1 amide bonds.